The molecule has 0 aromatic carbocycles. The van der Waals surface area contributed by atoms with E-state index in [1.165, 1.54) is 0 Å². The van der Waals surface area contributed by atoms with E-state index >= 15 is 0 Å². The van der Waals surface area contributed by atoms with Crippen molar-refractivity contribution < 1.29 is 38.2 Å². The molecule has 12 heteroatoms. The third kappa shape index (κ3) is 7.50. The molecule has 2 rings (SSSR count). The van der Waals surface area contributed by atoms with Gasteiger partial charge in [0.1, 0.15) is 10.5 Å². The van der Waals surface area contributed by atoms with Crippen LogP contribution in [0.3, 0.4) is 0 Å². The lowest BCUT2D eigenvalue weighted by atomic mass is 10.2. The molecule has 2 N–H and O–H groups in total. The minimum atomic E-state index is -0.721. The Morgan fingerprint density at radius 1 is 0.714 bits per heavy atom. The molecule has 2 unspecified atom stereocenters. The van der Waals surface area contributed by atoms with Crippen LogP contribution in [0.25, 0.3) is 0 Å². The first kappa shape index (κ1) is 22.2. The lowest BCUT2D eigenvalue weighted by Crippen LogP contribution is -2.26. The summed E-state index contributed by atoms with van der Waals surface area (Å²) in [6.07, 6.45) is 2.50. The molecule has 2 saturated heterocycles. The van der Waals surface area contributed by atoms with Crippen molar-refractivity contribution in [1.29, 1.82) is 0 Å². The summed E-state index contributed by atoms with van der Waals surface area (Å²) in [5, 5.41) is 1.86. The molecule has 0 aromatic heterocycles. The molecule has 2 aliphatic rings. The zero-order valence-electron chi connectivity index (χ0n) is 14.9. The quantitative estimate of drug-likeness (QED) is 0.360. The molecular weight excluding hydrogens is 412 g/mol. The molecule has 0 aromatic rings. The molecule has 0 spiro atoms. The van der Waals surface area contributed by atoms with Crippen LogP contribution in [0.1, 0.15) is 38.5 Å². The van der Waals surface area contributed by atoms with E-state index in [4.69, 9.17) is 9.47 Å². The van der Waals surface area contributed by atoms with Crippen LogP contribution >= 0.6 is 23.5 Å². The summed E-state index contributed by atoms with van der Waals surface area (Å²) in [5.41, 5.74) is 0. The maximum atomic E-state index is 11.6. The smallest absolute Gasteiger partial charge is 0.307 e. The highest BCUT2D eigenvalue weighted by atomic mass is 32.2. The van der Waals surface area contributed by atoms with E-state index < -0.39 is 44.7 Å². The van der Waals surface area contributed by atoms with Crippen molar-refractivity contribution in [3.05, 3.63) is 0 Å². The molecule has 10 nitrogen and oxygen atoms in total. The van der Waals surface area contributed by atoms with Crippen molar-refractivity contribution in [1.82, 2.24) is 10.6 Å². The molecule has 28 heavy (non-hydrogen) atoms. The van der Waals surface area contributed by atoms with E-state index in [-0.39, 0.29) is 26.1 Å². The van der Waals surface area contributed by atoms with Crippen LogP contribution in [-0.4, -0.2) is 57.9 Å². The summed E-state index contributed by atoms with van der Waals surface area (Å²) in [5.74, 6) is -1.99. The van der Waals surface area contributed by atoms with Crippen molar-refractivity contribution in [3.8, 4) is 0 Å². The van der Waals surface area contributed by atoms with Crippen LogP contribution in [0, 0.1) is 0 Å². The van der Waals surface area contributed by atoms with Gasteiger partial charge in [0, 0.05) is 0 Å². The normalized spacial score (nSPS) is 21.4. The van der Waals surface area contributed by atoms with E-state index in [1.54, 1.807) is 0 Å². The molecule has 0 saturated carbocycles. The summed E-state index contributed by atoms with van der Waals surface area (Å²) in [7, 11) is 0. The van der Waals surface area contributed by atoms with Crippen molar-refractivity contribution in [2.45, 2.75) is 49.0 Å². The first-order chi connectivity index (χ1) is 13.3. The average molecular weight is 432 g/mol. The molecule has 154 valence electrons. The van der Waals surface area contributed by atoms with E-state index in [9.17, 15) is 28.8 Å². The van der Waals surface area contributed by atoms with Crippen molar-refractivity contribution in [2.75, 3.05) is 13.2 Å². The van der Waals surface area contributed by atoms with Crippen molar-refractivity contribution in [2.24, 2.45) is 0 Å². The van der Waals surface area contributed by atoms with Gasteiger partial charge in [0.15, 0.2) is 0 Å². The predicted molar refractivity (Wildman–Crippen MR) is 99.5 cm³/mol. The molecule has 0 radical (unpaired) electrons. The number of carbonyl (C=O) groups is 6. The third-order valence-electron chi connectivity index (χ3n) is 3.80. The molecule has 0 bridgehead atoms. The standard InChI is InChI=1S/C16H20N2O8S2/c19-11(7-9-13(21)17-15(23)27-9)25-5-3-1-2-4-6-26-12(20)8-10-14(22)18-16(24)28-10/h9-10H,1-8H2,(H,17,21,23)(H,18,22,24). The van der Waals surface area contributed by atoms with Crippen LogP contribution in [0.4, 0.5) is 9.59 Å². The highest BCUT2D eigenvalue weighted by Gasteiger charge is 2.34. The number of hydrogen-bond donors (Lipinski definition) is 2. The summed E-state index contributed by atoms with van der Waals surface area (Å²) in [4.78, 5) is 67.9. The number of carbonyl (C=O) groups excluding carboxylic acids is 6. The number of hydrogen-bond acceptors (Lipinski definition) is 10. The van der Waals surface area contributed by atoms with Gasteiger partial charge in [-0.3, -0.25) is 39.4 Å². The molecule has 0 aliphatic carbocycles. The van der Waals surface area contributed by atoms with Gasteiger partial charge < -0.3 is 9.47 Å². The number of amides is 4. The van der Waals surface area contributed by atoms with Gasteiger partial charge in [-0.05, 0) is 25.7 Å². The minimum Gasteiger partial charge on any atom is -0.466 e. The van der Waals surface area contributed by atoms with E-state index in [1.807, 2.05) is 0 Å². The fourth-order valence-corrected chi connectivity index (χ4v) is 4.01. The number of esters is 2. The molecule has 2 fully saturated rings. The fourth-order valence-electron chi connectivity index (χ4n) is 2.41. The summed E-state index contributed by atoms with van der Waals surface area (Å²) >= 11 is 1.57. The molecule has 2 heterocycles. The van der Waals surface area contributed by atoms with Gasteiger partial charge in [0.2, 0.25) is 11.8 Å². The summed E-state index contributed by atoms with van der Waals surface area (Å²) in [6.45, 7) is 0.432. The maximum Gasteiger partial charge on any atom is 0.307 e. The lowest BCUT2D eigenvalue weighted by Gasteiger charge is -2.08. The number of rotatable bonds is 11. The number of unbranched alkanes of at least 4 members (excludes halogenated alkanes) is 3. The van der Waals surface area contributed by atoms with Gasteiger partial charge in [0.05, 0.1) is 26.1 Å². The van der Waals surface area contributed by atoms with Gasteiger partial charge in [0.25, 0.3) is 10.5 Å². The number of ether oxygens (including phenoxy) is 2. The Kier molecular flexibility index (Phi) is 8.77. The van der Waals surface area contributed by atoms with E-state index in [2.05, 4.69) is 10.6 Å². The van der Waals surface area contributed by atoms with Crippen LogP contribution in [-0.2, 0) is 28.7 Å². The van der Waals surface area contributed by atoms with Crippen LogP contribution in [0.15, 0.2) is 0 Å². The Morgan fingerprint density at radius 3 is 1.43 bits per heavy atom. The van der Waals surface area contributed by atoms with Gasteiger partial charge in [-0.15, -0.1) is 0 Å². The molecule has 4 amide bonds. The second kappa shape index (κ2) is 11.1. The zero-order valence-corrected chi connectivity index (χ0v) is 16.5. The second-order valence-electron chi connectivity index (χ2n) is 6.03. The Balaban J connectivity index is 1.43. The Bertz CT molecular complexity index is 613. The maximum absolute atomic E-state index is 11.6. The fraction of sp³-hybridized carbons (Fsp3) is 0.625. The average Bonchev–Trinajstić information content (AvgIpc) is 3.10. The van der Waals surface area contributed by atoms with Gasteiger partial charge in [-0.25, -0.2) is 0 Å². The van der Waals surface area contributed by atoms with Crippen molar-refractivity contribution >= 4 is 57.8 Å². The van der Waals surface area contributed by atoms with Gasteiger partial charge in [-0.1, -0.05) is 23.5 Å². The van der Waals surface area contributed by atoms with Gasteiger partial charge in [-0.2, -0.15) is 0 Å². The predicted octanol–water partition coefficient (Wildman–Crippen LogP) is 1.12. The largest absolute Gasteiger partial charge is 0.466 e. The van der Waals surface area contributed by atoms with Crippen LogP contribution in [0.2, 0.25) is 0 Å². The first-order valence-electron chi connectivity index (χ1n) is 8.69. The zero-order chi connectivity index (χ0) is 20.5. The Hall–Kier alpha value is -2.08. The Labute approximate surface area is 169 Å². The minimum absolute atomic E-state index is 0.138. The van der Waals surface area contributed by atoms with E-state index in [0.29, 0.717) is 12.8 Å². The van der Waals surface area contributed by atoms with Crippen molar-refractivity contribution in [3.63, 3.8) is 0 Å². The van der Waals surface area contributed by atoms with Gasteiger partial charge >= 0.3 is 11.9 Å². The number of nitrogens with one attached hydrogen (secondary N) is 2. The van der Waals surface area contributed by atoms with Crippen LogP contribution < -0.4 is 10.6 Å². The van der Waals surface area contributed by atoms with Crippen LogP contribution in [0.5, 0.6) is 0 Å². The Morgan fingerprint density at radius 2 is 1.11 bits per heavy atom. The third-order valence-corrected chi connectivity index (χ3v) is 5.77. The first-order valence-corrected chi connectivity index (χ1v) is 10.5. The second-order valence-corrected chi connectivity index (χ2v) is 8.38. The van der Waals surface area contributed by atoms with E-state index in [0.717, 1.165) is 36.4 Å². The molecular formula is C16H20N2O8S2. The monoisotopic (exact) mass is 432 g/mol. The number of imide groups is 2. The molecule has 2 atom stereocenters. The SMILES string of the molecule is O=C(CC1SC(=O)NC1=O)OCCCCCCOC(=O)CC1SC(=O)NC1=O. The summed E-state index contributed by atoms with van der Waals surface area (Å²) < 4.78 is 10.1. The summed E-state index contributed by atoms with van der Waals surface area (Å²) in [6, 6.07) is 0. The lowest BCUT2D eigenvalue weighted by molar-refractivity contribution is -0.145. The molecule has 2 aliphatic heterocycles. The highest BCUT2D eigenvalue weighted by molar-refractivity contribution is 8.15. The topological polar surface area (TPSA) is 145 Å². The highest BCUT2D eigenvalue weighted by Crippen LogP contribution is 2.23. The number of thioether (sulfide) groups is 2.